The highest BCUT2D eigenvalue weighted by atomic mass is 15.1. The third kappa shape index (κ3) is 3.09. The number of nitrogen functional groups attached to an aromatic ring is 1. The van der Waals surface area contributed by atoms with Crippen LogP contribution >= 0.6 is 0 Å². The van der Waals surface area contributed by atoms with Gasteiger partial charge in [-0.25, -0.2) is 4.98 Å². The molecule has 0 fully saturated rings. The number of rotatable bonds is 6. The lowest BCUT2D eigenvalue weighted by molar-refractivity contribution is 0.579. The summed E-state index contributed by atoms with van der Waals surface area (Å²) in [6, 6.07) is 4.34. The van der Waals surface area contributed by atoms with Crippen LogP contribution in [0.5, 0.6) is 0 Å². The molecule has 3 heteroatoms. The van der Waals surface area contributed by atoms with Gasteiger partial charge >= 0.3 is 0 Å². The predicted octanol–water partition coefficient (Wildman–Crippen LogP) is 4.21. The van der Waals surface area contributed by atoms with Crippen LogP contribution in [0.2, 0.25) is 0 Å². The Hall–Kier alpha value is -1.51. The number of hydrogen-bond donors (Lipinski definition) is 1. The van der Waals surface area contributed by atoms with Gasteiger partial charge in [-0.3, -0.25) is 0 Å². The fraction of sp³-hybridized carbons (Fsp3) is 0.562. The summed E-state index contributed by atoms with van der Waals surface area (Å²) < 4.78 is 2.16. The number of anilines is 1. The van der Waals surface area contributed by atoms with Gasteiger partial charge in [-0.1, -0.05) is 32.6 Å². The molecule has 1 heterocycles. The van der Waals surface area contributed by atoms with Crippen LogP contribution in [0.25, 0.3) is 11.0 Å². The van der Waals surface area contributed by atoms with E-state index in [1.54, 1.807) is 0 Å². The third-order valence-corrected chi connectivity index (χ3v) is 3.88. The zero-order valence-electron chi connectivity index (χ0n) is 12.4. The molecular formula is C16H25N3. The maximum absolute atomic E-state index is 6.05. The molecule has 0 aliphatic heterocycles. The quantitative estimate of drug-likeness (QED) is 0.790. The van der Waals surface area contributed by atoms with Gasteiger partial charge in [-0.2, -0.15) is 0 Å². The lowest BCUT2D eigenvalue weighted by Crippen LogP contribution is -2.03. The summed E-state index contributed by atoms with van der Waals surface area (Å²) in [5.74, 6) is 0.649. The number of unbranched alkanes of at least 4 members (excludes halogenated alkanes) is 4. The molecule has 19 heavy (non-hydrogen) atoms. The van der Waals surface area contributed by atoms with Gasteiger partial charge in [0, 0.05) is 6.54 Å². The number of aromatic nitrogens is 2. The number of aryl methyl sites for hydroxylation is 3. The van der Waals surface area contributed by atoms with Crippen LogP contribution < -0.4 is 5.73 Å². The fourth-order valence-electron chi connectivity index (χ4n) is 2.51. The van der Waals surface area contributed by atoms with Crippen molar-refractivity contribution in [1.29, 1.82) is 0 Å². The Morgan fingerprint density at radius 2 is 1.74 bits per heavy atom. The van der Waals surface area contributed by atoms with Crippen LogP contribution in [-0.2, 0) is 6.54 Å². The third-order valence-electron chi connectivity index (χ3n) is 3.88. The SMILES string of the molecule is CCCCCCCn1c(N)nc2cc(C)c(C)cc21. The Morgan fingerprint density at radius 1 is 1.05 bits per heavy atom. The van der Waals surface area contributed by atoms with E-state index in [0.717, 1.165) is 12.1 Å². The standard InChI is InChI=1S/C16H25N3/c1-4-5-6-7-8-9-19-15-11-13(3)12(2)10-14(15)18-16(19)17/h10-11H,4-9H2,1-3H3,(H2,17,18). The summed E-state index contributed by atoms with van der Waals surface area (Å²) in [5, 5.41) is 0. The topological polar surface area (TPSA) is 43.8 Å². The molecule has 1 aromatic carbocycles. The van der Waals surface area contributed by atoms with Crippen molar-refractivity contribution in [2.45, 2.75) is 59.4 Å². The minimum atomic E-state index is 0.649. The number of imidazole rings is 1. The summed E-state index contributed by atoms with van der Waals surface area (Å²) in [4.78, 5) is 4.47. The smallest absolute Gasteiger partial charge is 0.201 e. The van der Waals surface area contributed by atoms with Gasteiger partial charge < -0.3 is 10.3 Å². The van der Waals surface area contributed by atoms with Gasteiger partial charge in [0.2, 0.25) is 5.95 Å². The van der Waals surface area contributed by atoms with Crippen molar-refractivity contribution >= 4 is 17.0 Å². The van der Waals surface area contributed by atoms with Crippen molar-refractivity contribution in [3.05, 3.63) is 23.3 Å². The van der Waals surface area contributed by atoms with Crippen LogP contribution in [0, 0.1) is 13.8 Å². The molecule has 2 aromatic rings. The van der Waals surface area contributed by atoms with Crippen molar-refractivity contribution in [3.8, 4) is 0 Å². The molecule has 0 spiro atoms. The van der Waals surface area contributed by atoms with E-state index in [1.807, 2.05) is 0 Å². The zero-order chi connectivity index (χ0) is 13.8. The van der Waals surface area contributed by atoms with Crippen molar-refractivity contribution in [3.63, 3.8) is 0 Å². The molecular weight excluding hydrogens is 234 g/mol. The molecule has 1 aromatic heterocycles. The minimum Gasteiger partial charge on any atom is -0.369 e. The second-order valence-electron chi connectivity index (χ2n) is 5.46. The van der Waals surface area contributed by atoms with Gasteiger partial charge in [0.05, 0.1) is 11.0 Å². The lowest BCUT2D eigenvalue weighted by Gasteiger charge is -2.07. The molecule has 0 aliphatic carbocycles. The van der Waals surface area contributed by atoms with Crippen LogP contribution in [0.4, 0.5) is 5.95 Å². The summed E-state index contributed by atoms with van der Waals surface area (Å²) in [6.07, 6.45) is 6.40. The number of nitrogens with two attached hydrogens (primary N) is 1. The van der Waals surface area contributed by atoms with Crippen LogP contribution in [0.15, 0.2) is 12.1 Å². The van der Waals surface area contributed by atoms with Gasteiger partial charge in [0.1, 0.15) is 0 Å². The van der Waals surface area contributed by atoms with Crippen molar-refractivity contribution in [2.75, 3.05) is 5.73 Å². The number of hydrogen-bond acceptors (Lipinski definition) is 2. The van der Waals surface area contributed by atoms with E-state index >= 15 is 0 Å². The van der Waals surface area contributed by atoms with E-state index in [1.165, 1.54) is 48.7 Å². The first kappa shape index (κ1) is 13.9. The Balaban J connectivity index is 2.13. The molecule has 3 nitrogen and oxygen atoms in total. The highest BCUT2D eigenvalue weighted by Gasteiger charge is 2.09. The molecule has 0 unspecified atom stereocenters. The van der Waals surface area contributed by atoms with Crippen LogP contribution in [-0.4, -0.2) is 9.55 Å². The van der Waals surface area contributed by atoms with E-state index in [-0.39, 0.29) is 0 Å². The van der Waals surface area contributed by atoms with Crippen LogP contribution in [0.3, 0.4) is 0 Å². The van der Waals surface area contributed by atoms with E-state index in [4.69, 9.17) is 5.73 Å². The Morgan fingerprint density at radius 3 is 2.47 bits per heavy atom. The largest absolute Gasteiger partial charge is 0.369 e. The highest BCUT2D eigenvalue weighted by Crippen LogP contribution is 2.22. The Kier molecular flexibility index (Phi) is 4.46. The Labute approximate surface area is 115 Å². The zero-order valence-corrected chi connectivity index (χ0v) is 12.4. The molecule has 0 bridgehead atoms. The summed E-state index contributed by atoms with van der Waals surface area (Å²) >= 11 is 0. The highest BCUT2D eigenvalue weighted by molar-refractivity contribution is 5.80. The predicted molar refractivity (Wildman–Crippen MR) is 82.4 cm³/mol. The molecule has 0 aliphatic rings. The molecule has 0 saturated heterocycles. The second kappa shape index (κ2) is 6.09. The fourth-order valence-corrected chi connectivity index (χ4v) is 2.51. The van der Waals surface area contributed by atoms with Gasteiger partial charge in [-0.15, -0.1) is 0 Å². The normalized spacial score (nSPS) is 11.3. The molecule has 0 radical (unpaired) electrons. The number of nitrogens with zero attached hydrogens (tertiary/aromatic N) is 2. The Bertz CT molecular complexity index is 555. The van der Waals surface area contributed by atoms with E-state index in [9.17, 15) is 0 Å². The first-order chi connectivity index (χ1) is 9.13. The van der Waals surface area contributed by atoms with Crippen molar-refractivity contribution in [2.24, 2.45) is 0 Å². The average molecular weight is 259 g/mol. The molecule has 0 atom stereocenters. The van der Waals surface area contributed by atoms with E-state index in [2.05, 4.69) is 42.5 Å². The minimum absolute atomic E-state index is 0.649. The molecule has 104 valence electrons. The molecule has 2 N–H and O–H groups in total. The molecule has 0 saturated carbocycles. The maximum atomic E-state index is 6.05. The molecule has 0 amide bonds. The van der Waals surface area contributed by atoms with E-state index in [0.29, 0.717) is 5.95 Å². The summed E-state index contributed by atoms with van der Waals surface area (Å²) in [7, 11) is 0. The summed E-state index contributed by atoms with van der Waals surface area (Å²) in [6.45, 7) is 7.49. The second-order valence-corrected chi connectivity index (χ2v) is 5.46. The lowest BCUT2D eigenvalue weighted by atomic mass is 10.1. The van der Waals surface area contributed by atoms with Crippen molar-refractivity contribution < 1.29 is 0 Å². The van der Waals surface area contributed by atoms with Gasteiger partial charge in [-0.05, 0) is 43.5 Å². The first-order valence-electron chi connectivity index (χ1n) is 7.36. The van der Waals surface area contributed by atoms with Crippen LogP contribution in [0.1, 0.15) is 50.2 Å². The molecule has 2 rings (SSSR count). The number of benzene rings is 1. The summed E-state index contributed by atoms with van der Waals surface area (Å²) in [5.41, 5.74) is 10.8. The number of fused-ring (bicyclic) bond motifs is 1. The maximum Gasteiger partial charge on any atom is 0.201 e. The van der Waals surface area contributed by atoms with Gasteiger partial charge in [0.15, 0.2) is 0 Å². The van der Waals surface area contributed by atoms with Gasteiger partial charge in [0.25, 0.3) is 0 Å². The monoisotopic (exact) mass is 259 g/mol. The van der Waals surface area contributed by atoms with Crippen molar-refractivity contribution in [1.82, 2.24) is 9.55 Å². The van der Waals surface area contributed by atoms with E-state index < -0.39 is 0 Å². The average Bonchev–Trinajstić information content (AvgIpc) is 2.66. The first-order valence-corrected chi connectivity index (χ1v) is 7.36.